The minimum Gasteiger partial charge on any atom is -0.381 e. The summed E-state index contributed by atoms with van der Waals surface area (Å²) in [7, 11) is 0. The molecular weight excluding hydrogens is 462 g/mol. The molecule has 0 bridgehead atoms. The first-order chi connectivity index (χ1) is 15.6. The second-order valence-corrected chi connectivity index (χ2v) is 9.59. The minimum atomic E-state index is -0.300. The van der Waals surface area contributed by atoms with Crippen LogP contribution in [0.2, 0.25) is 0 Å². The third-order valence-electron chi connectivity index (χ3n) is 6.63. The van der Waals surface area contributed by atoms with Crippen LogP contribution in [0.1, 0.15) is 50.9 Å². The minimum absolute atomic E-state index is 0. The van der Waals surface area contributed by atoms with Crippen molar-refractivity contribution in [2.45, 2.75) is 38.6 Å². The van der Waals surface area contributed by atoms with Gasteiger partial charge in [0.05, 0.1) is 11.0 Å². The summed E-state index contributed by atoms with van der Waals surface area (Å²) in [6.45, 7) is 4.64. The molecule has 1 saturated heterocycles. The summed E-state index contributed by atoms with van der Waals surface area (Å²) in [5.74, 6) is 0.980. The van der Waals surface area contributed by atoms with E-state index in [0.29, 0.717) is 43.0 Å². The number of halogens is 1. The van der Waals surface area contributed by atoms with E-state index in [1.807, 2.05) is 28.4 Å². The molecule has 0 unspecified atom stereocenters. The molecule has 0 spiro atoms. The SMILES string of the molecule is Cc1cc2c(cc1C(=O)N1CCc3sccc3C1)[nH]c(=O)c1nnc(C3CCOCC3)n12.Cl. The van der Waals surface area contributed by atoms with Crippen LogP contribution in [0.15, 0.2) is 28.4 Å². The second-order valence-electron chi connectivity index (χ2n) is 8.59. The molecule has 2 aliphatic heterocycles. The molecule has 172 valence electrons. The Morgan fingerprint density at radius 3 is 2.88 bits per heavy atom. The second kappa shape index (κ2) is 8.55. The molecule has 33 heavy (non-hydrogen) atoms. The summed E-state index contributed by atoms with van der Waals surface area (Å²) in [5.41, 5.74) is 4.15. The molecule has 0 saturated carbocycles. The Balaban J connectivity index is 0.00000228. The number of aromatic nitrogens is 4. The van der Waals surface area contributed by atoms with Gasteiger partial charge in [-0.25, -0.2) is 0 Å². The van der Waals surface area contributed by atoms with Crippen molar-refractivity contribution >= 4 is 46.3 Å². The van der Waals surface area contributed by atoms with Crippen LogP contribution in [0.3, 0.4) is 0 Å². The fraction of sp³-hybridized carbons (Fsp3) is 0.391. The number of benzene rings is 1. The normalized spacial score (nSPS) is 16.7. The number of aryl methyl sites for hydroxylation is 1. The molecule has 10 heteroatoms. The summed E-state index contributed by atoms with van der Waals surface area (Å²) >= 11 is 1.76. The van der Waals surface area contributed by atoms with E-state index in [2.05, 4.69) is 26.6 Å². The van der Waals surface area contributed by atoms with Crippen LogP contribution in [-0.4, -0.2) is 50.1 Å². The predicted octanol–water partition coefficient (Wildman–Crippen LogP) is 3.46. The number of ether oxygens (including phenoxy) is 1. The molecule has 8 nitrogen and oxygen atoms in total. The Labute approximate surface area is 200 Å². The maximum absolute atomic E-state index is 13.4. The number of carbonyl (C=O) groups is 1. The Morgan fingerprint density at radius 2 is 2.06 bits per heavy atom. The number of fused-ring (bicyclic) bond motifs is 4. The molecule has 1 amide bonds. The highest BCUT2D eigenvalue weighted by Gasteiger charge is 2.26. The summed E-state index contributed by atoms with van der Waals surface area (Å²) in [6.07, 6.45) is 2.59. The summed E-state index contributed by atoms with van der Waals surface area (Å²) in [6, 6.07) is 5.88. The Bertz CT molecular complexity index is 1420. The van der Waals surface area contributed by atoms with E-state index >= 15 is 0 Å². The molecule has 0 radical (unpaired) electrons. The van der Waals surface area contributed by atoms with Crippen molar-refractivity contribution in [3.05, 3.63) is 61.3 Å². The fourth-order valence-electron chi connectivity index (χ4n) is 4.88. The zero-order valence-electron chi connectivity index (χ0n) is 18.2. The largest absolute Gasteiger partial charge is 0.381 e. The summed E-state index contributed by atoms with van der Waals surface area (Å²) < 4.78 is 7.35. The molecule has 1 aromatic carbocycles. The van der Waals surface area contributed by atoms with Gasteiger partial charge in [-0.1, -0.05) is 0 Å². The van der Waals surface area contributed by atoms with E-state index in [1.165, 1.54) is 10.4 Å². The monoisotopic (exact) mass is 485 g/mol. The van der Waals surface area contributed by atoms with Gasteiger partial charge in [0.1, 0.15) is 5.82 Å². The number of carbonyl (C=O) groups excluding carboxylic acids is 1. The van der Waals surface area contributed by atoms with E-state index in [1.54, 1.807) is 11.3 Å². The molecular formula is C23H24ClN5O3S. The van der Waals surface area contributed by atoms with Gasteiger partial charge in [-0.15, -0.1) is 33.9 Å². The van der Waals surface area contributed by atoms with Crippen molar-refractivity contribution in [2.75, 3.05) is 19.8 Å². The lowest BCUT2D eigenvalue weighted by Gasteiger charge is -2.27. The fourth-order valence-corrected chi connectivity index (χ4v) is 5.77. The van der Waals surface area contributed by atoms with Crippen molar-refractivity contribution in [2.24, 2.45) is 0 Å². The van der Waals surface area contributed by atoms with Gasteiger partial charge in [0.25, 0.3) is 11.5 Å². The number of aromatic amines is 1. The zero-order valence-corrected chi connectivity index (χ0v) is 19.8. The molecule has 6 rings (SSSR count). The highest BCUT2D eigenvalue weighted by atomic mass is 35.5. The first-order valence-electron chi connectivity index (χ1n) is 10.9. The Hall–Kier alpha value is -2.75. The lowest BCUT2D eigenvalue weighted by molar-refractivity contribution is 0.0735. The van der Waals surface area contributed by atoms with Gasteiger partial charge in [-0.3, -0.25) is 14.0 Å². The first-order valence-corrected chi connectivity index (χ1v) is 11.8. The van der Waals surface area contributed by atoms with E-state index in [-0.39, 0.29) is 29.8 Å². The maximum atomic E-state index is 13.4. The number of rotatable bonds is 2. The van der Waals surface area contributed by atoms with Crippen LogP contribution in [0.4, 0.5) is 0 Å². The van der Waals surface area contributed by atoms with Crippen molar-refractivity contribution in [3.63, 3.8) is 0 Å². The summed E-state index contributed by atoms with van der Waals surface area (Å²) in [4.78, 5) is 32.3. The number of hydrogen-bond donors (Lipinski definition) is 1. The zero-order chi connectivity index (χ0) is 21.8. The molecule has 3 aromatic heterocycles. The predicted molar refractivity (Wildman–Crippen MR) is 129 cm³/mol. The standard InChI is InChI=1S/C23H23N5O3S.ClH/c1-13-10-18-17(11-16(13)23(30)27-6-2-19-15(12-27)5-9-32-19)24-22(29)21-26-25-20(28(18)21)14-3-7-31-8-4-14;/h5,9-11,14H,2-4,6-8,12H2,1H3,(H,24,29);1H. The smallest absolute Gasteiger partial charge is 0.294 e. The van der Waals surface area contributed by atoms with E-state index in [4.69, 9.17) is 4.74 Å². The third-order valence-corrected chi connectivity index (χ3v) is 7.66. The van der Waals surface area contributed by atoms with Crippen LogP contribution >= 0.6 is 23.7 Å². The quantitative estimate of drug-likeness (QED) is 0.469. The van der Waals surface area contributed by atoms with Crippen molar-refractivity contribution < 1.29 is 9.53 Å². The Morgan fingerprint density at radius 1 is 1.24 bits per heavy atom. The topological polar surface area (TPSA) is 92.6 Å². The lowest BCUT2D eigenvalue weighted by atomic mass is 9.99. The van der Waals surface area contributed by atoms with Gasteiger partial charge in [0.2, 0.25) is 5.65 Å². The molecule has 2 aliphatic rings. The molecule has 4 aromatic rings. The van der Waals surface area contributed by atoms with Gasteiger partial charge < -0.3 is 14.6 Å². The third kappa shape index (κ3) is 3.64. The lowest BCUT2D eigenvalue weighted by Crippen LogP contribution is -2.35. The molecule has 1 fully saturated rings. The highest BCUT2D eigenvalue weighted by Crippen LogP contribution is 2.29. The van der Waals surface area contributed by atoms with Crippen LogP contribution in [0, 0.1) is 6.92 Å². The molecule has 0 aliphatic carbocycles. The molecule has 1 N–H and O–H groups in total. The van der Waals surface area contributed by atoms with E-state index < -0.39 is 0 Å². The number of nitrogens with zero attached hydrogens (tertiary/aromatic N) is 4. The van der Waals surface area contributed by atoms with Crippen molar-refractivity contribution in [1.29, 1.82) is 0 Å². The number of H-pyrrole nitrogens is 1. The van der Waals surface area contributed by atoms with Gasteiger partial charge in [0, 0.05) is 42.7 Å². The summed E-state index contributed by atoms with van der Waals surface area (Å²) in [5, 5.41) is 10.6. The van der Waals surface area contributed by atoms with Crippen LogP contribution in [0.25, 0.3) is 16.7 Å². The average molecular weight is 486 g/mol. The van der Waals surface area contributed by atoms with E-state index in [9.17, 15) is 9.59 Å². The highest BCUT2D eigenvalue weighted by molar-refractivity contribution is 7.10. The van der Waals surface area contributed by atoms with Crippen LogP contribution < -0.4 is 5.56 Å². The maximum Gasteiger partial charge on any atom is 0.294 e. The van der Waals surface area contributed by atoms with Gasteiger partial charge in [-0.05, 0) is 60.9 Å². The Kier molecular flexibility index (Phi) is 5.72. The molecule has 0 atom stereocenters. The van der Waals surface area contributed by atoms with Crippen LogP contribution in [0.5, 0.6) is 0 Å². The van der Waals surface area contributed by atoms with Crippen LogP contribution in [-0.2, 0) is 17.7 Å². The number of nitrogens with one attached hydrogen (secondary N) is 1. The average Bonchev–Trinajstić information content (AvgIpc) is 3.47. The van der Waals surface area contributed by atoms with Crippen molar-refractivity contribution in [3.8, 4) is 0 Å². The van der Waals surface area contributed by atoms with Gasteiger partial charge >= 0.3 is 0 Å². The van der Waals surface area contributed by atoms with Gasteiger partial charge in [-0.2, -0.15) is 0 Å². The number of thiophene rings is 1. The molecule has 5 heterocycles. The first kappa shape index (κ1) is 22.1. The number of hydrogen-bond acceptors (Lipinski definition) is 6. The van der Waals surface area contributed by atoms with Gasteiger partial charge in [0.15, 0.2) is 0 Å². The van der Waals surface area contributed by atoms with Crippen molar-refractivity contribution in [1.82, 2.24) is 24.5 Å². The number of amides is 1. The van der Waals surface area contributed by atoms with E-state index in [0.717, 1.165) is 36.2 Å².